The fraction of sp³-hybridized carbons (Fsp3) is 0.200. The summed E-state index contributed by atoms with van der Waals surface area (Å²) in [5.41, 5.74) is 8.18. The molecule has 5 heteroatoms. The monoisotopic (exact) mass is 267 g/mol. The average Bonchev–Trinajstić information content (AvgIpc) is 2.86. The minimum atomic E-state index is -0.0579. The van der Waals surface area contributed by atoms with Crippen LogP contribution in [0.5, 0.6) is 11.5 Å². The fourth-order valence-electron chi connectivity index (χ4n) is 2.10. The van der Waals surface area contributed by atoms with Crippen molar-refractivity contribution in [1.29, 1.82) is 5.26 Å². The lowest BCUT2D eigenvalue weighted by molar-refractivity contribution is 0.301. The number of hydrogen-bond donors (Lipinski definition) is 1. The van der Waals surface area contributed by atoms with Gasteiger partial charge in [0.1, 0.15) is 36.5 Å². The molecule has 1 aromatic heterocycles. The van der Waals surface area contributed by atoms with E-state index in [2.05, 4.69) is 4.98 Å². The fourth-order valence-corrected chi connectivity index (χ4v) is 2.10. The van der Waals surface area contributed by atoms with Gasteiger partial charge in [0.2, 0.25) is 0 Å². The highest BCUT2D eigenvalue weighted by Gasteiger charge is 2.20. The van der Waals surface area contributed by atoms with E-state index in [9.17, 15) is 0 Å². The van der Waals surface area contributed by atoms with E-state index in [1.807, 2.05) is 30.3 Å². The van der Waals surface area contributed by atoms with E-state index in [4.69, 9.17) is 20.5 Å². The van der Waals surface area contributed by atoms with Gasteiger partial charge in [0.15, 0.2) is 0 Å². The number of rotatable bonds is 3. The summed E-state index contributed by atoms with van der Waals surface area (Å²) in [5.74, 6) is 1.50. The average molecular weight is 267 g/mol. The number of nitriles is 1. The Morgan fingerprint density at radius 3 is 3.15 bits per heavy atom. The van der Waals surface area contributed by atoms with E-state index in [1.165, 1.54) is 0 Å². The summed E-state index contributed by atoms with van der Waals surface area (Å²) in [6.45, 7) is 0.886. The van der Waals surface area contributed by atoms with Crippen LogP contribution in [0.3, 0.4) is 0 Å². The highest BCUT2D eigenvalue weighted by Crippen LogP contribution is 2.34. The zero-order chi connectivity index (χ0) is 13.9. The van der Waals surface area contributed by atoms with Crippen LogP contribution >= 0.6 is 0 Å². The minimum absolute atomic E-state index is 0.0579. The van der Waals surface area contributed by atoms with Crippen LogP contribution in [0.2, 0.25) is 0 Å². The quantitative estimate of drug-likeness (QED) is 0.918. The second-order valence-electron chi connectivity index (χ2n) is 4.57. The summed E-state index contributed by atoms with van der Waals surface area (Å²) in [5, 5.41) is 8.80. The van der Waals surface area contributed by atoms with Gasteiger partial charge in [-0.1, -0.05) is 0 Å². The number of nitrogens with zero attached hydrogens (tertiary/aromatic N) is 2. The predicted octanol–water partition coefficient (Wildman–Crippen LogP) is 1.92. The van der Waals surface area contributed by atoms with Gasteiger partial charge in [-0.3, -0.25) is 0 Å². The molecule has 0 spiro atoms. The number of hydrogen-bond acceptors (Lipinski definition) is 5. The van der Waals surface area contributed by atoms with Gasteiger partial charge in [-0.05, 0) is 29.8 Å². The first-order chi connectivity index (χ1) is 9.76. The SMILES string of the molecule is N#Cc1cc(COc2ccc3c(c2)OCC3N)ccn1. The van der Waals surface area contributed by atoms with Gasteiger partial charge in [-0.25, -0.2) is 4.98 Å². The lowest BCUT2D eigenvalue weighted by Crippen LogP contribution is -2.10. The Bertz CT molecular complexity index is 679. The smallest absolute Gasteiger partial charge is 0.140 e. The third-order valence-electron chi connectivity index (χ3n) is 3.15. The highest BCUT2D eigenvalue weighted by molar-refractivity contribution is 5.44. The molecule has 1 unspecified atom stereocenters. The molecule has 0 saturated carbocycles. The molecular formula is C15H13N3O2. The van der Waals surface area contributed by atoms with E-state index in [0.29, 0.717) is 24.7 Å². The van der Waals surface area contributed by atoms with Crippen molar-refractivity contribution in [1.82, 2.24) is 4.98 Å². The molecule has 3 rings (SSSR count). The number of pyridine rings is 1. The standard InChI is InChI=1S/C15H13N3O2/c16-7-11-5-10(3-4-18-11)8-19-12-1-2-13-14(17)9-20-15(13)6-12/h1-6,14H,8-9,17H2. The third-order valence-corrected chi connectivity index (χ3v) is 3.15. The second kappa shape index (κ2) is 5.19. The predicted molar refractivity (Wildman–Crippen MR) is 72.1 cm³/mol. The Morgan fingerprint density at radius 1 is 1.40 bits per heavy atom. The van der Waals surface area contributed by atoms with Crippen LogP contribution in [0.25, 0.3) is 0 Å². The van der Waals surface area contributed by atoms with Crippen molar-refractivity contribution in [2.24, 2.45) is 5.73 Å². The maximum Gasteiger partial charge on any atom is 0.140 e. The number of aromatic nitrogens is 1. The Morgan fingerprint density at radius 2 is 2.30 bits per heavy atom. The number of fused-ring (bicyclic) bond motifs is 1. The van der Waals surface area contributed by atoms with Crippen molar-refractivity contribution >= 4 is 0 Å². The Hall–Kier alpha value is -2.58. The van der Waals surface area contributed by atoms with E-state index >= 15 is 0 Å². The molecule has 1 atom stereocenters. The third kappa shape index (κ3) is 2.42. The Balaban J connectivity index is 1.71. The lowest BCUT2D eigenvalue weighted by Gasteiger charge is -2.08. The molecule has 0 radical (unpaired) electrons. The van der Waals surface area contributed by atoms with Crippen LogP contribution < -0.4 is 15.2 Å². The van der Waals surface area contributed by atoms with Crippen LogP contribution in [0.1, 0.15) is 22.9 Å². The number of benzene rings is 1. The first-order valence-corrected chi connectivity index (χ1v) is 6.26. The van der Waals surface area contributed by atoms with Crippen molar-refractivity contribution in [2.45, 2.75) is 12.6 Å². The first-order valence-electron chi connectivity index (χ1n) is 6.26. The maximum absolute atomic E-state index is 8.80. The molecule has 2 N–H and O–H groups in total. The Kier molecular flexibility index (Phi) is 3.23. The van der Waals surface area contributed by atoms with Gasteiger partial charge in [0.05, 0.1) is 6.04 Å². The summed E-state index contributed by atoms with van der Waals surface area (Å²) >= 11 is 0. The molecule has 1 aliphatic heterocycles. The summed E-state index contributed by atoms with van der Waals surface area (Å²) in [4.78, 5) is 3.92. The van der Waals surface area contributed by atoms with Crippen molar-refractivity contribution in [3.63, 3.8) is 0 Å². The second-order valence-corrected chi connectivity index (χ2v) is 4.57. The zero-order valence-corrected chi connectivity index (χ0v) is 10.7. The minimum Gasteiger partial charge on any atom is -0.491 e. The van der Waals surface area contributed by atoms with E-state index in [0.717, 1.165) is 16.9 Å². The molecule has 20 heavy (non-hydrogen) atoms. The summed E-state index contributed by atoms with van der Waals surface area (Å²) < 4.78 is 11.2. The normalized spacial score (nSPS) is 16.1. The van der Waals surface area contributed by atoms with Crippen LogP contribution in [0, 0.1) is 11.3 Å². The molecule has 0 fully saturated rings. The molecule has 5 nitrogen and oxygen atoms in total. The summed E-state index contributed by atoms with van der Waals surface area (Å²) in [6.07, 6.45) is 1.60. The molecule has 0 bridgehead atoms. The van der Waals surface area contributed by atoms with Gasteiger partial charge in [0.25, 0.3) is 0 Å². The Labute approximate surface area is 116 Å². The highest BCUT2D eigenvalue weighted by atomic mass is 16.5. The molecule has 0 aliphatic carbocycles. The van der Waals surface area contributed by atoms with Crippen LogP contribution in [0.15, 0.2) is 36.5 Å². The molecule has 1 aromatic carbocycles. The first kappa shape index (κ1) is 12.5. The van der Waals surface area contributed by atoms with Gasteiger partial charge in [-0.2, -0.15) is 5.26 Å². The van der Waals surface area contributed by atoms with Crippen molar-refractivity contribution in [2.75, 3.05) is 6.61 Å². The van der Waals surface area contributed by atoms with Gasteiger partial charge < -0.3 is 15.2 Å². The van der Waals surface area contributed by atoms with Gasteiger partial charge in [-0.15, -0.1) is 0 Å². The summed E-state index contributed by atoms with van der Waals surface area (Å²) in [7, 11) is 0. The van der Waals surface area contributed by atoms with Crippen molar-refractivity contribution < 1.29 is 9.47 Å². The van der Waals surface area contributed by atoms with Crippen LogP contribution in [-0.4, -0.2) is 11.6 Å². The van der Waals surface area contributed by atoms with Crippen LogP contribution in [0.4, 0.5) is 0 Å². The van der Waals surface area contributed by atoms with E-state index in [1.54, 1.807) is 12.3 Å². The van der Waals surface area contributed by atoms with Crippen molar-refractivity contribution in [3.05, 3.63) is 53.3 Å². The molecule has 2 heterocycles. The number of ether oxygens (including phenoxy) is 2. The molecule has 100 valence electrons. The molecule has 0 saturated heterocycles. The molecule has 0 amide bonds. The van der Waals surface area contributed by atoms with E-state index < -0.39 is 0 Å². The number of nitrogens with two attached hydrogens (primary N) is 1. The van der Waals surface area contributed by atoms with Crippen molar-refractivity contribution in [3.8, 4) is 17.6 Å². The van der Waals surface area contributed by atoms with E-state index in [-0.39, 0.29) is 6.04 Å². The largest absolute Gasteiger partial charge is 0.491 e. The van der Waals surface area contributed by atoms with Gasteiger partial charge >= 0.3 is 0 Å². The lowest BCUT2D eigenvalue weighted by atomic mass is 10.1. The summed E-state index contributed by atoms with van der Waals surface area (Å²) in [6, 6.07) is 11.1. The molecular weight excluding hydrogens is 254 g/mol. The zero-order valence-electron chi connectivity index (χ0n) is 10.7. The topological polar surface area (TPSA) is 81.2 Å². The molecule has 1 aliphatic rings. The molecule has 2 aromatic rings. The van der Waals surface area contributed by atoms with Crippen LogP contribution in [-0.2, 0) is 6.61 Å². The van der Waals surface area contributed by atoms with Gasteiger partial charge in [0, 0.05) is 17.8 Å². The maximum atomic E-state index is 8.80.